The van der Waals surface area contributed by atoms with E-state index >= 15 is 0 Å². The van der Waals surface area contributed by atoms with Gasteiger partial charge in [0.2, 0.25) is 0 Å². The summed E-state index contributed by atoms with van der Waals surface area (Å²) in [5.74, 6) is -1.90. The van der Waals surface area contributed by atoms with Gasteiger partial charge < -0.3 is 0 Å². The molecule has 0 aliphatic rings. The molecule has 0 fully saturated rings. The topological polar surface area (TPSA) is 59.1 Å². The van der Waals surface area contributed by atoms with Crippen molar-refractivity contribution in [1.29, 1.82) is 0 Å². The molecule has 0 saturated carbocycles. The van der Waals surface area contributed by atoms with Crippen molar-refractivity contribution in [3.63, 3.8) is 0 Å². The fourth-order valence-corrected chi connectivity index (χ4v) is 3.30. The highest BCUT2D eigenvalue weighted by atomic mass is 35.5. The number of aromatic nitrogens is 1. The van der Waals surface area contributed by atoms with Crippen molar-refractivity contribution in [2.75, 3.05) is 4.72 Å². The first-order valence-corrected chi connectivity index (χ1v) is 7.15. The molecule has 9 heteroatoms. The monoisotopic (exact) mass is 310 g/mol. The Morgan fingerprint density at radius 3 is 2.67 bits per heavy atom. The number of anilines is 1. The van der Waals surface area contributed by atoms with Crippen molar-refractivity contribution in [3.05, 3.63) is 40.4 Å². The lowest BCUT2D eigenvalue weighted by atomic mass is 10.3. The van der Waals surface area contributed by atoms with Crippen LogP contribution in [0.2, 0.25) is 4.34 Å². The molecule has 0 amide bonds. The number of thiazole rings is 1. The largest absolute Gasteiger partial charge is 0.266 e. The maximum absolute atomic E-state index is 13.3. The molecular weight excluding hydrogens is 306 g/mol. The number of halogens is 3. The molecule has 2 aromatic rings. The highest BCUT2D eigenvalue weighted by Crippen LogP contribution is 2.26. The van der Waals surface area contributed by atoms with E-state index < -0.39 is 26.6 Å². The molecule has 0 radical (unpaired) electrons. The van der Waals surface area contributed by atoms with Gasteiger partial charge in [-0.25, -0.2) is 22.2 Å². The van der Waals surface area contributed by atoms with Gasteiger partial charge in [0.05, 0.1) is 6.20 Å². The molecule has 1 aromatic carbocycles. The number of sulfonamides is 1. The minimum absolute atomic E-state index is 0.0244. The summed E-state index contributed by atoms with van der Waals surface area (Å²) in [5, 5.41) is -0.0244. The number of rotatable bonds is 3. The summed E-state index contributed by atoms with van der Waals surface area (Å²) in [4.78, 5) is 2.88. The minimum atomic E-state index is -4.23. The van der Waals surface area contributed by atoms with Crippen LogP contribution in [0.5, 0.6) is 0 Å². The fraction of sp³-hybridized carbons (Fsp3) is 0. The van der Waals surface area contributed by atoms with Gasteiger partial charge in [-0.3, -0.25) is 4.72 Å². The van der Waals surface area contributed by atoms with Crippen molar-refractivity contribution >= 4 is 38.1 Å². The van der Waals surface area contributed by atoms with E-state index in [4.69, 9.17) is 11.6 Å². The second kappa shape index (κ2) is 4.79. The summed E-state index contributed by atoms with van der Waals surface area (Å²) < 4.78 is 52.1. The second-order valence-corrected chi connectivity index (χ2v) is 6.46. The van der Waals surface area contributed by atoms with E-state index in [2.05, 4.69) is 4.98 Å². The fourth-order valence-electron chi connectivity index (χ4n) is 1.15. The van der Waals surface area contributed by atoms with E-state index in [9.17, 15) is 17.2 Å². The Balaban J connectivity index is 2.39. The van der Waals surface area contributed by atoms with E-state index in [1.54, 1.807) is 0 Å². The van der Waals surface area contributed by atoms with Crippen molar-refractivity contribution in [2.24, 2.45) is 0 Å². The Labute approximate surface area is 110 Å². The van der Waals surface area contributed by atoms with Gasteiger partial charge in [0.1, 0.15) is 20.9 Å². The van der Waals surface area contributed by atoms with Crippen LogP contribution in [0.1, 0.15) is 0 Å². The van der Waals surface area contributed by atoms with Crippen molar-refractivity contribution < 1.29 is 17.2 Å². The van der Waals surface area contributed by atoms with Crippen LogP contribution in [0.15, 0.2) is 29.3 Å². The van der Waals surface area contributed by atoms with Gasteiger partial charge in [0.25, 0.3) is 10.0 Å². The molecule has 4 nitrogen and oxygen atoms in total. The Hall–Kier alpha value is -1.25. The molecule has 96 valence electrons. The molecule has 0 atom stereocenters. The van der Waals surface area contributed by atoms with Gasteiger partial charge in [-0.2, -0.15) is 0 Å². The lowest BCUT2D eigenvalue weighted by Crippen LogP contribution is -2.14. The SMILES string of the molecule is O=S(=O)(Nc1ncc(Cl)s1)c1cc(F)ccc1F. The van der Waals surface area contributed by atoms with Crippen LogP contribution in [-0.2, 0) is 10.0 Å². The molecule has 2 rings (SSSR count). The van der Waals surface area contributed by atoms with Gasteiger partial charge in [0.15, 0.2) is 5.13 Å². The number of benzene rings is 1. The summed E-state index contributed by atoms with van der Waals surface area (Å²) in [6.07, 6.45) is 1.24. The number of nitrogens with zero attached hydrogens (tertiary/aromatic N) is 1. The summed E-state index contributed by atoms with van der Waals surface area (Å²) in [7, 11) is -4.23. The minimum Gasteiger partial charge on any atom is -0.254 e. The van der Waals surface area contributed by atoms with Crippen LogP contribution < -0.4 is 4.72 Å². The standard InChI is InChI=1S/C9H5ClF2N2O2S2/c10-8-4-13-9(17-8)14-18(15,16)7-3-5(11)1-2-6(7)12/h1-4H,(H,13,14). The Bertz CT molecular complexity index is 688. The average Bonchev–Trinajstić information content (AvgIpc) is 2.66. The number of hydrogen-bond acceptors (Lipinski definition) is 4. The van der Waals surface area contributed by atoms with Crippen LogP contribution in [0, 0.1) is 11.6 Å². The third kappa shape index (κ3) is 2.77. The number of nitrogens with one attached hydrogen (secondary N) is 1. The molecule has 18 heavy (non-hydrogen) atoms. The first-order chi connectivity index (χ1) is 8.38. The van der Waals surface area contributed by atoms with Crippen LogP contribution in [0.25, 0.3) is 0 Å². The molecule has 0 aliphatic heterocycles. The molecule has 0 spiro atoms. The Morgan fingerprint density at radius 1 is 1.33 bits per heavy atom. The van der Waals surface area contributed by atoms with Crippen molar-refractivity contribution in [3.8, 4) is 0 Å². The summed E-state index contributed by atoms with van der Waals surface area (Å²) in [5.41, 5.74) is 0. The molecular formula is C9H5ClF2N2O2S2. The smallest absolute Gasteiger partial charge is 0.254 e. The summed E-state index contributed by atoms with van der Waals surface area (Å²) in [6.45, 7) is 0. The van der Waals surface area contributed by atoms with E-state index in [1.807, 2.05) is 4.72 Å². The van der Waals surface area contributed by atoms with Crippen LogP contribution in [-0.4, -0.2) is 13.4 Å². The van der Waals surface area contributed by atoms with E-state index in [0.717, 1.165) is 23.5 Å². The van der Waals surface area contributed by atoms with Gasteiger partial charge in [0, 0.05) is 0 Å². The normalized spacial score (nSPS) is 11.5. The lowest BCUT2D eigenvalue weighted by molar-refractivity contribution is 0.555. The maximum atomic E-state index is 13.3. The van der Waals surface area contributed by atoms with E-state index in [1.165, 1.54) is 6.20 Å². The van der Waals surface area contributed by atoms with Crippen LogP contribution in [0.3, 0.4) is 0 Å². The zero-order chi connectivity index (χ0) is 13.3. The average molecular weight is 311 g/mol. The first-order valence-electron chi connectivity index (χ1n) is 4.48. The van der Waals surface area contributed by atoms with Crippen LogP contribution in [0.4, 0.5) is 13.9 Å². The highest BCUT2D eigenvalue weighted by molar-refractivity contribution is 7.93. The second-order valence-electron chi connectivity index (χ2n) is 3.15. The highest BCUT2D eigenvalue weighted by Gasteiger charge is 2.21. The van der Waals surface area contributed by atoms with E-state index in [0.29, 0.717) is 6.07 Å². The zero-order valence-electron chi connectivity index (χ0n) is 8.52. The summed E-state index contributed by atoms with van der Waals surface area (Å²) >= 11 is 6.45. The van der Waals surface area contributed by atoms with Gasteiger partial charge in [-0.15, -0.1) is 0 Å². The summed E-state index contributed by atoms with van der Waals surface area (Å²) in [6, 6.07) is 2.15. The van der Waals surface area contributed by atoms with Gasteiger partial charge in [-0.1, -0.05) is 22.9 Å². The molecule has 1 aromatic heterocycles. The Kier molecular flexibility index (Phi) is 3.51. The predicted octanol–water partition coefficient (Wildman–Crippen LogP) is 2.88. The van der Waals surface area contributed by atoms with Crippen molar-refractivity contribution in [2.45, 2.75) is 4.90 Å². The van der Waals surface area contributed by atoms with Gasteiger partial charge in [-0.05, 0) is 18.2 Å². The molecule has 0 saturated heterocycles. The van der Waals surface area contributed by atoms with Gasteiger partial charge >= 0.3 is 0 Å². The van der Waals surface area contributed by atoms with E-state index in [-0.39, 0.29) is 9.47 Å². The predicted molar refractivity (Wildman–Crippen MR) is 64.3 cm³/mol. The Morgan fingerprint density at radius 2 is 2.06 bits per heavy atom. The zero-order valence-corrected chi connectivity index (χ0v) is 10.9. The quantitative estimate of drug-likeness (QED) is 0.948. The molecule has 1 N–H and O–H groups in total. The molecule has 0 aliphatic carbocycles. The molecule has 1 heterocycles. The molecule has 0 bridgehead atoms. The van der Waals surface area contributed by atoms with Crippen LogP contribution >= 0.6 is 22.9 Å². The van der Waals surface area contributed by atoms with Crippen molar-refractivity contribution in [1.82, 2.24) is 4.98 Å². The molecule has 0 unspecified atom stereocenters. The lowest BCUT2D eigenvalue weighted by Gasteiger charge is -2.05. The first kappa shape index (κ1) is 13.2. The third-order valence-electron chi connectivity index (χ3n) is 1.88. The maximum Gasteiger partial charge on any atom is 0.266 e. The third-order valence-corrected chi connectivity index (χ3v) is 4.40. The number of hydrogen-bond donors (Lipinski definition) is 1.